The minimum absolute atomic E-state index is 0.0161. The molecule has 4 amide bonds. The molecule has 10 heteroatoms. The number of benzene rings is 2. The monoisotopic (exact) mass is 522 g/mol. The number of amides is 4. The van der Waals surface area contributed by atoms with Crippen LogP contribution in [0.5, 0.6) is 0 Å². The fourth-order valence-corrected chi connectivity index (χ4v) is 4.24. The first-order valence-corrected chi connectivity index (χ1v) is 12.8. The lowest BCUT2D eigenvalue weighted by Gasteiger charge is -2.24. The highest BCUT2D eigenvalue weighted by molar-refractivity contribution is 5.97. The summed E-state index contributed by atoms with van der Waals surface area (Å²) in [4.78, 5) is 53.2. The van der Waals surface area contributed by atoms with Crippen LogP contribution in [-0.4, -0.2) is 65.3 Å². The number of carboxylic acids is 1. The Balaban J connectivity index is 1.44. The molecule has 1 saturated heterocycles. The van der Waals surface area contributed by atoms with Gasteiger partial charge in [0.05, 0.1) is 5.56 Å². The van der Waals surface area contributed by atoms with Crippen molar-refractivity contribution in [1.82, 2.24) is 10.2 Å². The Morgan fingerprint density at radius 2 is 1.68 bits per heavy atom. The van der Waals surface area contributed by atoms with Gasteiger partial charge in [-0.2, -0.15) is 0 Å². The third-order valence-corrected chi connectivity index (χ3v) is 6.37. The molecule has 1 saturated carbocycles. The number of hydrogen-bond donors (Lipinski definition) is 3. The third-order valence-electron chi connectivity index (χ3n) is 6.37. The van der Waals surface area contributed by atoms with E-state index in [-0.39, 0.29) is 18.0 Å². The molecule has 1 aliphatic carbocycles. The van der Waals surface area contributed by atoms with E-state index in [1.165, 1.54) is 37.1 Å². The second kappa shape index (κ2) is 11.1. The van der Waals surface area contributed by atoms with Gasteiger partial charge in [0.15, 0.2) is 0 Å². The molecule has 2 aliphatic rings. The van der Waals surface area contributed by atoms with Crippen molar-refractivity contribution in [2.75, 3.05) is 29.9 Å². The number of carbonyl (C=O) groups excluding carboxylic acids is 3. The molecule has 38 heavy (non-hydrogen) atoms. The van der Waals surface area contributed by atoms with Crippen molar-refractivity contribution >= 4 is 35.4 Å². The Bertz CT molecular complexity index is 1190. The average molecular weight is 523 g/mol. The average Bonchev–Trinajstić information content (AvgIpc) is 3.60. The summed E-state index contributed by atoms with van der Waals surface area (Å²) in [5.41, 5.74) is 1.33. The van der Waals surface area contributed by atoms with E-state index in [1.54, 1.807) is 25.7 Å². The van der Waals surface area contributed by atoms with Crippen LogP contribution in [-0.2, 0) is 16.0 Å². The number of anilines is 2. The predicted octanol–water partition coefficient (Wildman–Crippen LogP) is 4.11. The summed E-state index contributed by atoms with van der Waals surface area (Å²) < 4.78 is 5.34. The molecule has 1 aliphatic heterocycles. The van der Waals surface area contributed by atoms with Gasteiger partial charge < -0.3 is 25.4 Å². The van der Waals surface area contributed by atoms with Gasteiger partial charge in [0, 0.05) is 37.4 Å². The maximum absolute atomic E-state index is 13.1. The van der Waals surface area contributed by atoms with Crippen LogP contribution in [0.15, 0.2) is 48.5 Å². The zero-order valence-corrected chi connectivity index (χ0v) is 21.9. The fourth-order valence-electron chi connectivity index (χ4n) is 4.24. The van der Waals surface area contributed by atoms with Crippen LogP contribution in [0.4, 0.5) is 21.0 Å². The highest BCUT2D eigenvalue weighted by Gasteiger charge is 2.34. The van der Waals surface area contributed by atoms with Gasteiger partial charge in [-0.1, -0.05) is 12.1 Å². The summed E-state index contributed by atoms with van der Waals surface area (Å²) in [6.45, 7) is 7.37. The maximum Gasteiger partial charge on any atom is 0.408 e. The number of rotatable bonds is 9. The van der Waals surface area contributed by atoms with Crippen LogP contribution in [0.1, 0.15) is 49.5 Å². The molecule has 3 N–H and O–H groups in total. The molecule has 0 bridgehead atoms. The standard InChI is InChI=1S/C28H34N4O6/c1-28(2,3)38-26(36)30-23(24(33)29-21-10-8-20(9-11-21)25(34)35)16-18-6-12-22(13-7-18)32-15-14-31(27(32)37)17-19-4-5-19/h6-13,19,23H,4-5,14-17H2,1-3H3,(H,29,33)(H,30,36)(H,34,35). The van der Waals surface area contributed by atoms with Crippen LogP contribution < -0.4 is 15.5 Å². The normalized spacial score (nSPS) is 16.2. The zero-order valence-electron chi connectivity index (χ0n) is 21.9. The molecule has 10 nitrogen and oxygen atoms in total. The van der Waals surface area contributed by atoms with E-state index < -0.39 is 29.6 Å². The van der Waals surface area contributed by atoms with Gasteiger partial charge in [-0.15, -0.1) is 0 Å². The molecule has 0 aromatic heterocycles. The van der Waals surface area contributed by atoms with Crippen molar-refractivity contribution in [3.8, 4) is 0 Å². The summed E-state index contributed by atoms with van der Waals surface area (Å²) in [6, 6.07) is 12.2. The number of ether oxygens (including phenoxy) is 1. The SMILES string of the molecule is CC(C)(C)OC(=O)NC(Cc1ccc(N2CCN(CC3CC3)C2=O)cc1)C(=O)Nc1ccc(C(=O)O)cc1. The van der Waals surface area contributed by atoms with Gasteiger partial charge in [0.2, 0.25) is 5.91 Å². The van der Waals surface area contributed by atoms with Crippen LogP contribution >= 0.6 is 0 Å². The second-order valence-electron chi connectivity index (χ2n) is 10.8. The summed E-state index contributed by atoms with van der Waals surface area (Å²) in [5.74, 6) is -0.910. The maximum atomic E-state index is 13.1. The van der Waals surface area contributed by atoms with E-state index in [2.05, 4.69) is 10.6 Å². The summed E-state index contributed by atoms with van der Waals surface area (Å²) >= 11 is 0. The minimum Gasteiger partial charge on any atom is -0.478 e. The summed E-state index contributed by atoms with van der Waals surface area (Å²) in [5, 5.41) is 14.4. The highest BCUT2D eigenvalue weighted by atomic mass is 16.6. The Morgan fingerprint density at radius 3 is 2.26 bits per heavy atom. The van der Waals surface area contributed by atoms with Crippen molar-refractivity contribution in [3.63, 3.8) is 0 Å². The summed E-state index contributed by atoms with van der Waals surface area (Å²) in [7, 11) is 0. The zero-order chi connectivity index (χ0) is 27.4. The number of carboxylic acid groups (broad SMARTS) is 1. The lowest BCUT2D eigenvalue weighted by molar-refractivity contribution is -0.118. The predicted molar refractivity (Wildman–Crippen MR) is 142 cm³/mol. The molecule has 2 fully saturated rings. The number of nitrogens with zero attached hydrogens (tertiary/aromatic N) is 2. The highest BCUT2D eigenvalue weighted by Crippen LogP contribution is 2.31. The van der Waals surface area contributed by atoms with Gasteiger partial charge in [0.25, 0.3) is 0 Å². The molecule has 0 spiro atoms. The topological polar surface area (TPSA) is 128 Å². The third kappa shape index (κ3) is 7.24. The largest absolute Gasteiger partial charge is 0.478 e. The number of carbonyl (C=O) groups is 4. The number of alkyl carbamates (subject to hydrolysis) is 1. The van der Waals surface area contributed by atoms with Crippen LogP contribution in [0.2, 0.25) is 0 Å². The molecule has 2 aromatic carbocycles. The Morgan fingerprint density at radius 1 is 1.03 bits per heavy atom. The molecule has 0 radical (unpaired) electrons. The van der Waals surface area contributed by atoms with Gasteiger partial charge in [-0.25, -0.2) is 14.4 Å². The first kappa shape index (κ1) is 27.0. The number of urea groups is 1. The molecule has 4 rings (SSSR count). The van der Waals surface area contributed by atoms with Crippen molar-refractivity contribution in [2.24, 2.45) is 5.92 Å². The number of hydrogen-bond acceptors (Lipinski definition) is 5. The smallest absolute Gasteiger partial charge is 0.408 e. The minimum atomic E-state index is -1.07. The lowest BCUT2D eigenvalue weighted by atomic mass is 10.0. The van der Waals surface area contributed by atoms with E-state index in [0.29, 0.717) is 24.7 Å². The van der Waals surface area contributed by atoms with Gasteiger partial charge in [-0.3, -0.25) is 9.69 Å². The number of nitrogens with one attached hydrogen (secondary N) is 2. The molecule has 1 heterocycles. The van der Waals surface area contributed by atoms with Crippen molar-refractivity contribution in [3.05, 3.63) is 59.7 Å². The van der Waals surface area contributed by atoms with Crippen LogP contribution in [0.3, 0.4) is 0 Å². The van der Waals surface area contributed by atoms with Gasteiger partial charge in [0.1, 0.15) is 11.6 Å². The Kier molecular flexibility index (Phi) is 7.89. The quantitative estimate of drug-likeness (QED) is 0.455. The van der Waals surface area contributed by atoms with Crippen LogP contribution in [0.25, 0.3) is 0 Å². The second-order valence-corrected chi connectivity index (χ2v) is 10.8. The fraction of sp³-hybridized carbons (Fsp3) is 0.429. The molecule has 1 unspecified atom stereocenters. The van der Waals surface area contributed by atoms with E-state index >= 15 is 0 Å². The molecule has 1 atom stereocenters. The first-order valence-electron chi connectivity index (χ1n) is 12.8. The van der Waals surface area contributed by atoms with Crippen LogP contribution in [0, 0.1) is 5.92 Å². The summed E-state index contributed by atoms with van der Waals surface area (Å²) in [6.07, 6.45) is 1.84. The van der Waals surface area contributed by atoms with Crippen molar-refractivity contribution < 1.29 is 29.0 Å². The van der Waals surface area contributed by atoms with E-state index in [1.807, 2.05) is 29.2 Å². The van der Waals surface area contributed by atoms with Crippen molar-refractivity contribution in [1.29, 1.82) is 0 Å². The van der Waals surface area contributed by atoms with E-state index in [4.69, 9.17) is 9.84 Å². The Hall–Kier alpha value is -4.08. The lowest BCUT2D eigenvalue weighted by Crippen LogP contribution is -2.47. The van der Waals surface area contributed by atoms with E-state index in [0.717, 1.165) is 17.8 Å². The van der Waals surface area contributed by atoms with E-state index in [9.17, 15) is 19.2 Å². The first-order chi connectivity index (χ1) is 18.0. The molecular formula is C28H34N4O6. The van der Waals surface area contributed by atoms with Gasteiger partial charge in [-0.05, 0) is 81.5 Å². The number of aromatic carboxylic acids is 1. The Labute approximate surface area is 221 Å². The molecule has 202 valence electrons. The molecular weight excluding hydrogens is 488 g/mol. The molecule has 2 aromatic rings. The van der Waals surface area contributed by atoms with Gasteiger partial charge >= 0.3 is 18.1 Å². The van der Waals surface area contributed by atoms with Crippen molar-refractivity contribution in [2.45, 2.75) is 51.7 Å².